The number of hydrogen-bond donors (Lipinski definition) is 1. The molecule has 1 heterocycles. The highest BCUT2D eigenvalue weighted by Gasteiger charge is 2.22. The molecule has 1 N–H and O–H groups in total. The van der Waals surface area contributed by atoms with E-state index in [2.05, 4.69) is 9.80 Å². The number of hydrogen-bond acceptors (Lipinski definition) is 6. The number of β-amino-alcohol motifs (C(OH)–C–C–N with tert-alkyl or cyclic N) is 1. The summed E-state index contributed by atoms with van der Waals surface area (Å²) in [6, 6.07) is 19.0. The topological polar surface area (TPSA) is 48.4 Å². The number of ether oxygens (including phenoxy) is 2. The molecule has 3 aromatic rings. The number of likely N-dealkylation sites (N-methyl/N-ethyl adjacent to an activating group) is 1. The first kappa shape index (κ1) is 29.8. The second-order valence-corrected chi connectivity index (χ2v) is 10.5. The van der Waals surface area contributed by atoms with E-state index in [1.165, 1.54) is 24.3 Å². The zero-order valence-corrected chi connectivity index (χ0v) is 23.7. The van der Waals surface area contributed by atoms with Crippen LogP contribution in [0.1, 0.15) is 29.9 Å². The Morgan fingerprint density at radius 1 is 0.825 bits per heavy atom. The highest BCUT2D eigenvalue weighted by molar-refractivity contribution is 5.64. The number of aliphatic hydroxyl groups excluding tert-OH is 1. The standard InChI is InChI=1S/C32H41F2N3O3/c1-35(30-7-4-8-31(39-2)32(30)40-3)22-28(38)23-37-20-18-36(19-21-37)17-5-6-29(24-9-13-26(33)14-10-24)25-11-15-27(34)16-12-25/h4,7-16,28-29,38H,5-6,17-23H2,1-3H3. The molecule has 6 nitrogen and oxygen atoms in total. The molecule has 0 aromatic heterocycles. The summed E-state index contributed by atoms with van der Waals surface area (Å²) in [6.45, 7) is 5.77. The molecule has 1 fully saturated rings. The number of benzene rings is 3. The van der Waals surface area contributed by atoms with Gasteiger partial charge in [0.1, 0.15) is 11.6 Å². The molecule has 1 aliphatic heterocycles. The average molecular weight is 554 g/mol. The molecule has 4 rings (SSSR count). The van der Waals surface area contributed by atoms with E-state index in [4.69, 9.17) is 9.47 Å². The molecule has 1 atom stereocenters. The summed E-state index contributed by atoms with van der Waals surface area (Å²) in [5.41, 5.74) is 2.97. The van der Waals surface area contributed by atoms with Crippen LogP contribution in [0.25, 0.3) is 0 Å². The third kappa shape index (κ3) is 7.93. The van der Waals surface area contributed by atoms with Crippen molar-refractivity contribution in [1.82, 2.24) is 9.80 Å². The first-order valence-electron chi connectivity index (χ1n) is 13.9. The Bertz CT molecular complexity index is 1140. The van der Waals surface area contributed by atoms with Gasteiger partial charge in [-0.15, -0.1) is 0 Å². The second kappa shape index (κ2) is 14.4. The molecule has 0 saturated carbocycles. The van der Waals surface area contributed by atoms with Crippen LogP contribution in [0, 0.1) is 11.6 Å². The van der Waals surface area contributed by atoms with Gasteiger partial charge in [-0.2, -0.15) is 0 Å². The molecule has 1 aliphatic rings. The third-order valence-electron chi connectivity index (χ3n) is 7.72. The lowest BCUT2D eigenvalue weighted by molar-refractivity contribution is 0.0753. The van der Waals surface area contributed by atoms with Crippen molar-refractivity contribution in [1.29, 1.82) is 0 Å². The van der Waals surface area contributed by atoms with E-state index < -0.39 is 6.10 Å². The fourth-order valence-corrected chi connectivity index (χ4v) is 5.57. The van der Waals surface area contributed by atoms with Gasteiger partial charge in [-0.25, -0.2) is 8.78 Å². The van der Waals surface area contributed by atoms with Crippen molar-refractivity contribution in [3.8, 4) is 11.5 Å². The van der Waals surface area contributed by atoms with Crippen LogP contribution in [0.5, 0.6) is 11.5 Å². The van der Waals surface area contributed by atoms with E-state index in [1.54, 1.807) is 14.2 Å². The first-order chi connectivity index (χ1) is 19.4. The number of rotatable bonds is 13. The maximum absolute atomic E-state index is 13.5. The van der Waals surface area contributed by atoms with Gasteiger partial charge in [0.05, 0.1) is 26.0 Å². The smallest absolute Gasteiger partial charge is 0.184 e. The van der Waals surface area contributed by atoms with Crippen molar-refractivity contribution in [2.45, 2.75) is 24.9 Å². The van der Waals surface area contributed by atoms with Crippen LogP contribution in [0.4, 0.5) is 14.5 Å². The molecule has 0 aliphatic carbocycles. The van der Waals surface area contributed by atoms with Gasteiger partial charge in [-0.3, -0.25) is 4.90 Å². The summed E-state index contributed by atoms with van der Waals surface area (Å²) >= 11 is 0. The van der Waals surface area contributed by atoms with Crippen LogP contribution in [0.15, 0.2) is 66.7 Å². The summed E-state index contributed by atoms with van der Waals surface area (Å²) in [5, 5.41) is 10.8. The van der Waals surface area contributed by atoms with Crippen molar-refractivity contribution in [3.05, 3.63) is 89.5 Å². The number of nitrogens with zero attached hydrogens (tertiary/aromatic N) is 3. The minimum Gasteiger partial charge on any atom is -0.493 e. The van der Waals surface area contributed by atoms with E-state index in [1.807, 2.05) is 54.4 Å². The lowest BCUT2D eigenvalue weighted by Crippen LogP contribution is -2.50. The van der Waals surface area contributed by atoms with Gasteiger partial charge in [0.15, 0.2) is 11.5 Å². The largest absolute Gasteiger partial charge is 0.493 e. The minimum atomic E-state index is -0.500. The fourth-order valence-electron chi connectivity index (χ4n) is 5.57. The van der Waals surface area contributed by atoms with Crippen molar-refractivity contribution >= 4 is 5.69 Å². The van der Waals surface area contributed by atoms with Gasteiger partial charge in [-0.1, -0.05) is 30.3 Å². The van der Waals surface area contributed by atoms with Crippen LogP contribution in [-0.2, 0) is 0 Å². The number of halogens is 2. The Balaban J connectivity index is 1.24. The second-order valence-electron chi connectivity index (χ2n) is 10.5. The van der Waals surface area contributed by atoms with Crippen LogP contribution >= 0.6 is 0 Å². The van der Waals surface area contributed by atoms with Crippen LogP contribution in [-0.4, -0.2) is 88.1 Å². The number of anilines is 1. The van der Waals surface area contributed by atoms with E-state index >= 15 is 0 Å². The van der Waals surface area contributed by atoms with E-state index in [9.17, 15) is 13.9 Å². The molecule has 3 aromatic carbocycles. The highest BCUT2D eigenvalue weighted by atomic mass is 19.1. The Labute approximate surface area is 236 Å². The molecule has 0 spiro atoms. The molecule has 1 saturated heterocycles. The summed E-state index contributed by atoms with van der Waals surface area (Å²) < 4.78 is 38.0. The quantitative estimate of drug-likeness (QED) is 0.321. The Morgan fingerprint density at radius 3 is 1.95 bits per heavy atom. The van der Waals surface area contributed by atoms with Crippen molar-refractivity contribution in [3.63, 3.8) is 0 Å². The predicted molar refractivity (Wildman–Crippen MR) is 156 cm³/mol. The number of methoxy groups -OCH3 is 2. The molecule has 40 heavy (non-hydrogen) atoms. The number of aliphatic hydroxyl groups is 1. The summed E-state index contributed by atoms with van der Waals surface area (Å²) in [6.07, 6.45) is 1.38. The Morgan fingerprint density at radius 2 is 1.40 bits per heavy atom. The van der Waals surface area contributed by atoms with Crippen molar-refractivity contribution < 1.29 is 23.4 Å². The molecule has 0 bridgehead atoms. The van der Waals surface area contributed by atoms with E-state index in [-0.39, 0.29) is 17.6 Å². The molecular weight excluding hydrogens is 512 g/mol. The van der Waals surface area contributed by atoms with Gasteiger partial charge >= 0.3 is 0 Å². The lowest BCUT2D eigenvalue weighted by atomic mass is 9.87. The molecular formula is C32H41F2N3O3. The number of para-hydroxylation sites is 1. The predicted octanol–water partition coefficient (Wildman–Crippen LogP) is 5.01. The summed E-state index contributed by atoms with van der Waals surface area (Å²) in [4.78, 5) is 6.78. The highest BCUT2D eigenvalue weighted by Crippen LogP contribution is 2.36. The van der Waals surface area contributed by atoms with Gasteiger partial charge in [0.25, 0.3) is 0 Å². The maximum Gasteiger partial charge on any atom is 0.184 e. The number of piperazine rings is 1. The minimum absolute atomic E-state index is 0.0952. The lowest BCUT2D eigenvalue weighted by Gasteiger charge is -2.36. The molecule has 216 valence electrons. The molecule has 0 radical (unpaired) electrons. The Kier molecular flexibility index (Phi) is 10.7. The summed E-state index contributed by atoms with van der Waals surface area (Å²) in [5.74, 6) is 0.916. The first-order valence-corrected chi connectivity index (χ1v) is 13.9. The van der Waals surface area contributed by atoms with Gasteiger partial charge in [0.2, 0.25) is 0 Å². The maximum atomic E-state index is 13.5. The SMILES string of the molecule is COc1cccc(N(C)CC(O)CN2CCN(CCCC(c3ccc(F)cc3)c3ccc(F)cc3)CC2)c1OC. The summed E-state index contributed by atoms with van der Waals surface area (Å²) in [7, 11) is 5.19. The zero-order valence-electron chi connectivity index (χ0n) is 23.7. The fraction of sp³-hybridized carbons (Fsp3) is 0.438. The van der Waals surface area contributed by atoms with Gasteiger partial charge < -0.3 is 24.4 Å². The monoisotopic (exact) mass is 553 g/mol. The van der Waals surface area contributed by atoms with E-state index in [0.29, 0.717) is 24.6 Å². The molecule has 1 unspecified atom stereocenters. The van der Waals surface area contributed by atoms with Gasteiger partial charge in [-0.05, 0) is 66.9 Å². The molecule has 0 amide bonds. The van der Waals surface area contributed by atoms with Crippen LogP contribution < -0.4 is 14.4 Å². The van der Waals surface area contributed by atoms with E-state index in [0.717, 1.165) is 62.4 Å². The molecule has 8 heteroatoms. The van der Waals surface area contributed by atoms with Crippen LogP contribution in [0.3, 0.4) is 0 Å². The normalized spacial score (nSPS) is 15.3. The zero-order chi connectivity index (χ0) is 28.5. The average Bonchev–Trinajstić information content (AvgIpc) is 2.97. The van der Waals surface area contributed by atoms with Crippen LogP contribution in [0.2, 0.25) is 0 Å². The van der Waals surface area contributed by atoms with Crippen molar-refractivity contribution in [2.24, 2.45) is 0 Å². The van der Waals surface area contributed by atoms with Gasteiger partial charge in [0, 0.05) is 52.2 Å². The Hall–Kier alpha value is -3.20. The third-order valence-corrected chi connectivity index (χ3v) is 7.72. The van der Waals surface area contributed by atoms with Crippen molar-refractivity contribution in [2.75, 3.05) is 72.0 Å².